The van der Waals surface area contributed by atoms with Crippen LogP contribution in [0.1, 0.15) is 39.0 Å². The molecular weight excluding hydrogens is 228 g/mol. The molecule has 0 bridgehead atoms. The number of hydrogen-bond acceptors (Lipinski definition) is 3. The van der Waals surface area contributed by atoms with E-state index in [0.29, 0.717) is 19.4 Å². The Hall–Kier alpha value is -1.64. The van der Waals surface area contributed by atoms with Crippen LogP contribution in [0.5, 0.6) is 0 Å². The SMILES string of the molecule is CCOC(=O)CC/C=C\C/C=C\C/C=C\CC=O. The van der Waals surface area contributed by atoms with Crippen LogP contribution in [0.25, 0.3) is 0 Å². The number of carbonyl (C=O) groups is 2. The van der Waals surface area contributed by atoms with Gasteiger partial charge in [-0.05, 0) is 26.2 Å². The molecule has 3 heteroatoms. The first-order valence-electron chi connectivity index (χ1n) is 6.35. The van der Waals surface area contributed by atoms with Gasteiger partial charge in [-0.15, -0.1) is 0 Å². The summed E-state index contributed by atoms with van der Waals surface area (Å²) in [7, 11) is 0. The molecule has 0 saturated carbocycles. The third-order valence-electron chi connectivity index (χ3n) is 2.10. The highest BCUT2D eigenvalue weighted by molar-refractivity contribution is 5.69. The molecule has 0 aliphatic rings. The largest absolute Gasteiger partial charge is 0.466 e. The van der Waals surface area contributed by atoms with E-state index >= 15 is 0 Å². The van der Waals surface area contributed by atoms with Gasteiger partial charge >= 0.3 is 5.97 Å². The molecule has 0 aromatic carbocycles. The van der Waals surface area contributed by atoms with Gasteiger partial charge in [0.2, 0.25) is 0 Å². The Bertz CT molecular complexity index is 301. The van der Waals surface area contributed by atoms with E-state index in [1.165, 1.54) is 0 Å². The summed E-state index contributed by atoms with van der Waals surface area (Å²) < 4.78 is 4.81. The van der Waals surface area contributed by atoms with E-state index in [1.807, 2.05) is 31.2 Å². The molecule has 0 rings (SSSR count). The van der Waals surface area contributed by atoms with E-state index in [-0.39, 0.29) is 5.97 Å². The van der Waals surface area contributed by atoms with Gasteiger partial charge in [-0.2, -0.15) is 0 Å². The van der Waals surface area contributed by atoms with E-state index < -0.39 is 0 Å². The molecule has 0 aliphatic heterocycles. The van der Waals surface area contributed by atoms with Gasteiger partial charge in [0.15, 0.2) is 0 Å². The van der Waals surface area contributed by atoms with Gasteiger partial charge in [-0.25, -0.2) is 0 Å². The summed E-state index contributed by atoms with van der Waals surface area (Å²) in [6.45, 7) is 2.25. The molecule has 0 radical (unpaired) electrons. The maximum Gasteiger partial charge on any atom is 0.306 e. The Balaban J connectivity index is 3.44. The normalized spacial score (nSPS) is 11.6. The van der Waals surface area contributed by atoms with Gasteiger partial charge in [0.25, 0.3) is 0 Å². The molecule has 0 aromatic rings. The predicted molar refractivity (Wildman–Crippen MR) is 73.2 cm³/mol. The van der Waals surface area contributed by atoms with E-state index in [9.17, 15) is 9.59 Å². The topological polar surface area (TPSA) is 43.4 Å². The highest BCUT2D eigenvalue weighted by Crippen LogP contribution is 1.97. The van der Waals surface area contributed by atoms with Crippen molar-refractivity contribution in [3.05, 3.63) is 36.5 Å². The lowest BCUT2D eigenvalue weighted by Gasteiger charge is -1.97. The second kappa shape index (κ2) is 13.4. The van der Waals surface area contributed by atoms with Gasteiger partial charge < -0.3 is 9.53 Å². The minimum absolute atomic E-state index is 0.141. The third-order valence-corrected chi connectivity index (χ3v) is 2.10. The summed E-state index contributed by atoms with van der Waals surface area (Å²) in [6, 6.07) is 0. The van der Waals surface area contributed by atoms with Crippen molar-refractivity contribution in [3.8, 4) is 0 Å². The Morgan fingerprint density at radius 2 is 1.50 bits per heavy atom. The molecule has 0 N–H and O–H groups in total. The van der Waals surface area contributed by atoms with Crippen LogP contribution in [-0.4, -0.2) is 18.9 Å². The van der Waals surface area contributed by atoms with Gasteiger partial charge in [-0.1, -0.05) is 36.5 Å². The molecule has 0 spiro atoms. The predicted octanol–water partition coefficient (Wildman–Crippen LogP) is 3.37. The van der Waals surface area contributed by atoms with Crippen LogP contribution in [-0.2, 0) is 14.3 Å². The zero-order valence-corrected chi connectivity index (χ0v) is 11.0. The second-order valence-electron chi connectivity index (χ2n) is 3.63. The zero-order valence-electron chi connectivity index (χ0n) is 11.0. The number of esters is 1. The second-order valence-corrected chi connectivity index (χ2v) is 3.63. The summed E-state index contributed by atoms with van der Waals surface area (Å²) in [5, 5.41) is 0. The van der Waals surface area contributed by atoms with E-state index in [0.717, 1.165) is 25.5 Å². The van der Waals surface area contributed by atoms with Crippen LogP contribution >= 0.6 is 0 Å². The summed E-state index contributed by atoms with van der Waals surface area (Å²) in [5.41, 5.74) is 0. The molecule has 0 atom stereocenters. The average Bonchev–Trinajstić information content (AvgIpc) is 2.36. The van der Waals surface area contributed by atoms with E-state index in [2.05, 4.69) is 12.2 Å². The van der Waals surface area contributed by atoms with Crippen molar-refractivity contribution < 1.29 is 14.3 Å². The fraction of sp³-hybridized carbons (Fsp3) is 0.467. The first-order valence-corrected chi connectivity index (χ1v) is 6.35. The molecule has 0 aliphatic carbocycles. The fourth-order valence-electron chi connectivity index (χ4n) is 1.25. The number of allylic oxidation sites excluding steroid dienone is 6. The van der Waals surface area contributed by atoms with Crippen molar-refractivity contribution in [2.75, 3.05) is 6.61 Å². The molecule has 3 nitrogen and oxygen atoms in total. The lowest BCUT2D eigenvalue weighted by molar-refractivity contribution is -0.143. The van der Waals surface area contributed by atoms with Crippen molar-refractivity contribution in [1.29, 1.82) is 0 Å². The average molecular weight is 250 g/mol. The minimum atomic E-state index is -0.141. The molecule has 0 heterocycles. The van der Waals surface area contributed by atoms with Crippen LogP contribution in [0.4, 0.5) is 0 Å². The minimum Gasteiger partial charge on any atom is -0.466 e. The smallest absolute Gasteiger partial charge is 0.306 e. The quantitative estimate of drug-likeness (QED) is 0.339. The monoisotopic (exact) mass is 250 g/mol. The molecular formula is C15H22O3. The standard InChI is InChI=1S/C15H22O3/c1-2-18-15(17)13-11-9-7-5-3-4-6-8-10-12-14-16/h3-4,7-10,14H,2,5-6,11-13H2,1H3/b4-3-,9-7-,10-8-. The van der Waals surface area contributed by atoms with Crippen molar-refractivity contribution in [1.82, 2.24) is 0 Å². The number of ether oxygens (including phenoxy) is 1. The van der Waals surface area contributed by atoms with Crippen LogP contribution < -0.4 is 0 Å². The molecule has 0 unspecified atom stereocenters. The first kappa shape index (κ1) is 16.4. The van der Waals surface area contributed by atoms with Crippen LogP contribution in [0.2, 0.25) is 0 Å². The van der Waals surface area contributed by atoms with Gasteiger partial charge in [0, 0.05) is 12.8 Å². The molecule has 18 heavy (non-hydrogen) atoms. The van der Waals surface area contributed by atoms with Crippen LogP contribution in [0, 0.1) is 0 Å². The highest BCUT2D eigenvalue weighted by Gasteiger charge is 1.97. The number of aldehydes is 1. The number of carbonyl (C=O) groups excluding carboxylic acids is 2. The molecule has 0 saturated heterocycles. The summed E-state index contributed by atoms with van der Waals surface area (Å²) in [6.07, 6.45) is 16.2. The van der Waals surface area contributed by atoms with Crippen LogP contribution in [0.15, 0.2) is 36.5 Å². The number of rotatable bonds is 10. The third kappa shape index (κ3) is 12.4. The molecule has 100 valence electrons. The Morgan fingerprint density at radius 3 is 2.06 bits per heavy atom. The highest BCUT2D eigenvalue weighted by atomic mass is 16.5. The molecule has 0 fully saturated rings. The van der Waals surface area contributed by atoms with Crippen molar-refractivity contribution >= 4 is 12.3 Å². The van der Waals surface area contributed by atoms with Crippen molar-refractivity contribution in [3.63, 3.8) is 0 Å². The summed E-state index contributed by atoms with van der Waals surface area (Å²) in [5.74, 6) is -0.141. The van der Waals surface area contributed by atoms with Crippen molar-refractivity contribution in [2.24, 2.45) is 0 Å². The first-order chi connectivity index (χ1) is 8.81. The maximum absolute atomic E-state index is 11.0. The van der Waals surface area contributed by atoms with Crippen molar-refractivity contribution in [2.45, 2.75) is 39.0 Å². The molecule has 0 aromatic heterocycles. The van der Waals surface area contributed by atoms with Gasteiger partial charge in [-0.3, -0.25) is 4.79 Å². The fourth-order valence-corrected chi connectivity index (χ4v) is 1.25. The van der Waals surface area contributed by atoms with E-state index in [1.54, 1.807) is 0 Å². The Labute approximate surface area is 109 Å². The summed E-state index contributed by atoms with van der Waals surface area (Å²) in [4.78, 5) is 21.0. The van der Waals surface area contributed by atoms with Gasteiger partial charge in [0.1, 0.15) is 6.29 Å². The lowest BCUT2D eigenvalue weighted by Crippen LogP contribution is -2.02. The van der Waals surface area contributed by atoms with Gasteiger partial charge in [0.05, 0.1) is 6.61 Å². The lowest BCUT2D eigenvalue weighted by atomic mass is 10.2. The Morgan fingerprint density at radius 1 is 0.944 bits per heavy atom. The Kier molecular flexibility index (Phi) is 12.2. The summed E-state index contributed by atoms with van der Waals surface area (Å²) >= 11 is 0. The van der Waals surface area contributed by atoms with Crippen LogP contribution in [0.3, 0.4) is 0 Å². The van der Waals surface area contributed by atoms with E-state index in [4.69, 9.17) is 4.74 Å². The maximum atomic E-state index is 11.0. The number of hydrogen-bond donors (Lipinski definition) is 0. The molecule has 0 amide bonds. The zero-order chi connectivity index (χ0) is 13.5.